The van der Waals surface area contributed by atoms with Crippen molar-refractivity contribution >= 4 is 16.9 Å². The summed E-state index contributed by atoms with van der Waals surface area (Å²) in [5.41, 5.74) is 2.14. The van der Waals surface area contributed by atoms with Gasteiger partial charge in [-0.05, 0) is 38.4 Å². The number of imidazole rings is 1. The molecule has 21 heavy (non-hydrogen) atoms. The van der Waals surface area contributed by atoms with Crippen LogP contribution in [0.15, 0.2) is 24.3 Å². The Kier molecular flexibility index (Phi) is 4.20. The molecule has 1 aliphatic heterocycles. The molecular weight excluding hydrogens is 264 g/mol. The van der Waals surface area contributed by atoms with Gasteiger partial charge in [0, 0.05) is 19.6 Å². The fourth-order valence-electron chi connectivity index (χ4n) is 2.99. The molecule has 5 nitrogen and oxygen atoms in total. The molecule has 1 fully saturated rings. The lowest BCUT2D eigenvalue weighted by Crippen LogP contribution is -2.41. The lowest BCUT2D eigenvalue weighted by molar-refractivity contribution is -0.125. The van der Waals surface area contributed by atoms with Gasteiger partial charge in [-0.1, -0.05) is 12.1 Å². The fraction of sp³-hybridized carbons (Fsp3) is 0.500. The van der Waals surface area contributed by atoms with Crippen LogP contribution in [0, 0.1) is 12.8 Å². The quantitative estimate of drug-likeness (QED) is 0.894. The van der Waals surface area contributed by atoms with E-state index in [0.29, 0.717) is 6.54 Å². The van der Waals surface area contributed by atoms with Crippen molar-refractivity contribution in [2.24, 2.45) is 5.92 Å². The van der Waals surface area contributed by atoms with Gasteiger partial charge in [0.2, 0.25) is 5.91 Å². The minimum atomic E-state index is 0.124. The SMILES string of the molecule is Cc1nc2ccccc2n1CCNC(=O)[C@H]1CCCNC1. The number of nitrogens with zero attached hydrogens (tertiary/aromatic N) is 2. The Balaban J connectivity index is 1.59. The highest BCUT2D eigenvalue weighted by molar-refractivity contribution is 5.79. The van der Waals surface area contributed by atoms with Crippen molar-refractivity contribution in [2.45, 2.75) is 26.3 Å². The van der Waals surface area contributed by atoms with Crippen LogP contribution in [-0.2, 0) is 11.3 Å². The Hall–Kier alpha value is -1.88. The highest BCUT2D eigenvalue weighted by Gasteiger charge is 2.20. The number of amides is 1. The Labute approximate surface area is 124 Å². The van der Waals surface area contributed by atoms with Crippen LogP contribution in [0.1, 0.15) is 18.7 Å². The first kappa shape index (κ1) is 14.1. The molecule has 0 bridgehead atoms. The van der Waals surface area contributed by atoms with E-state index in [1.807, 2.05) is 25.1 Å². The average Bonchev–Trinajstić information content (AvgIpc) is 2.84. The molecule has 0 spiro atoms. The van der Waals surface area contributed by atoms with E-state index in [2.05, 4.69) is 26.3 Å². The first-order valence-corrected chi connectivity index (χ1v) is 7.66. The lowest BCUT2D eigenvalue weighted by Gasteiger charge is -2.22. The van der Waals surface area contributed by atoms with Crippen LogP contribution in [0.5, 0.6) is 0 Å². The largest absolute Gasteiger partial charge is 0.354 e. The highest BCUT2D eigenvalue weighted by atomic mass is 16.1. The van der Waals surface area contributed by atoms with E-state index < -0.39 is 0 Å². The molecule has 0 unspecified atom stereocenters. The number of carbonyl (C=O) groups excluding carboxylic acids is 1. The number of hydrogen-bond acceptors (Lipinski definition) is 3. The number of rotatable bonds is 4. The van der Waals surface area contributed by atoms with Crippen LogP contribution < -0.4 is 10.6 Å². The first-order chi connectivity index (χ1) is 10.3. The number of aryl methyl sites for hydroxylation is 1. The topological polar surface area (TPSA) is 59.0 Å². The third-order valence-corrected chi connectivity index (χ3v) is 4.15. The van der Waals surface area contributed by atoms with Gasteiger partial charge in [0.15, 0.2) is 0 Å². The van der Waals surface area contributed by atoms with Gasteiger partial charge in [-0.2, -0.15) is 0 Å². The minimum absolute atomic E-state index is 0.124. The molecule has 1 amide bonds. The van der Waals surface area contributed by atoms with E-state index in [1.165, 1.54) is 0 Å². The molecule has 0 radical (unpaired) electrons. The van der Waals surface area contributed by atoms with E-state index in [0.717, 1.165) is 49.3 Å². The normalized spacial score (nSPS) is 18.8. The number of aromatic nitrogens is 2. The number of piperidine rings is 1. The maximum Gasteiger partial charge on any atom is 0.224 e. The van der Waals surface area contributed by atoms with E-state index in [9.17, 15) is 4.79 Å². The second kappa shape index (κ2) is 6.26. The number of nitrogens with one attached hydrogen (secondary N) is 2. The first-order valence-electron chi connectivity index (χ1n) is 7.66. The fourth-order valence-corrected chi connectivity index (χ4v) is 2.99. The predicted octanol–water partition coefficient (Wildman–Crippen LogP) is 1.46. The maximum absolute atomic E-state index is 12.1. The van der Waals surface area contributed by atoms with Gasteiger partial charge in [-0.3, -0.25) is 4.79 Å². The van der Waals surface area contributed by atoms with E-state index in [4.69, 9.17) is 0 Å². The number of para-hydroxylation sites is 2. The van der Waals surface area contributed by atoms with Gasteiger partial charge >= 0.3 is 0 Å². The van der Waals surface area contributed by atoms with Crippen LogP contribution >= 0.6 is 0 Å². The zero-order valence-corrected chi connectivity index (χ0v) is 12.4. The molecule has 2 N–H and O–H groups in total. The molecule has 1 aromatic heterocycles. The van der Waals surface area contributed by atoms with Crippen LogP contribution in [0.2, 0.25) is 0 Å². The second-order valence-electron chi connectivity index (χ2n) is 5.63. The summed E-state index contributed by atoms with van der Waals surface area (Å²) in [5.74, 6) is 1.29. The lowest BCUT2D eigenvalue weighted by atomic mass is 9.99. The molecule has 1 atom stereocenters. The van der Waals surface area contributed by atoms with Gasteiger partial charge in [0.05, 0.1) is 17.0 Å². The Morgan fingerprint density at radius 2 is 2.33 bits per heavy atom. The van der Waals surface area contributed by atoms with Crippen LogP contribution in [0.3, 0.4) is 0 Å². The third kappa shape index (κ3) is 3.08. The predicted molar refractivity (Wildman–Crippen MR) is 83.1 cm³/mol. The zero-order chi connectivity index (χ0) is 14.7. The molecule has 1 aliphatic rings. The molecule has 5 heteroatoms. The summed E-state index contributed by atoms with van der Waals surface area (Å²) in [4.78, 5) is 16.6. The number of fused-ring (bicyclic) bond motifs is 1. The number of benzene rings is 1. The van der Waals surface area contributed by atoms with Crippen LogP contribution in [0.25, 0.3) is 11.0 Å². The number of hydrogen-bond donors (Lipinski definition) is 2. The molecule has 0 aliphatic carbocycles. The maximum atomic E-state index is 12.1. The molecule has 1 aromatic carbocycles. The van der Waals surface area contributed by atoms with Gasteiger partial charge in [0.1, 0.15) is 5.82 Å². The smallest absolute Gasteiger partial charge is 0.224 e. The van der Waals surface area contributed by atoms with Crippen molar-refractivity contribution in [3.8, 4) is 0 Å². The number of carbonyl (C=O) groups is 1. The van der Waals surface area contributed by atoms with Crippen LogP contribution in [0.4, 0.5) is 0 Å². The third-order valence-electron chi connectivity index (χ3n) is 4.15. The molecule has 112 valence electrons. The van der Waals surface area contributed by atoms with E-state index in [1.54, 1.807) is 0 Å². The van der Waals surface area contributed by atoms with Gasteiger partial charge in [-0.15, -0.1) is 0 Å². The van der Waals surface area contributed by atoms with Crippen molar-refractivity contribution in [1.82, 2.24) is 20.2 Å². The standard InChI is InChI=1S/C16H22N4O/c1-12-19-14-6-2-3-7-15(14)20(12)10-9-18-16(21)13-5-4-8-17-11-13/h2-3,6-7,13,17H,4-5,8-11H2,1H3,(H,18,21)/t13-/m0/s1. The van der Waals surface area contributed by atoms with Crippen molar-refractivity contribution < 1.29 is 4.79 Å². The Morgan fingerprint density at radius 1 is 1.48 bits per heavy atom. The summed E-state index contributed by atoms with van der Waals surface area (Å²) in [5, 5.41) is 6.33. The van der Waals surface area contributed by atoms with Crippen molar-refractivity contribution in [2.75, 3.05) is 19.6 Å². The Morgan fingerprint density at radius 3 is 3.14 bits per heavy atom. The van der Waals surface area contributed by atoms with Gasteiger partial charge < -0.3 is 15.2 Å². The molecule has 3 rings (SSSR count). The molecule has 2 aromatic rings. The van der Waals surface area contributed by atoms with Gasteiger partial charge in [0.25, 0.3) is 0 Å². The summed E-state index contributed by atoms with van der Waals surface area (Å²) in [6.07, 6.45) is 2.08. The van der Waals surface area contributed by atoms with Gasteiger partial charge in [-0.25, -0.2) is 4.98 Å². The summed E-state index contributed by atoms with van der Waals surface area (Å²) >= 11 is 0. The van der Waals surface area contributed by atoms with E-state index in [-0.39, 0.29) is 11.8 Å². The average molecular weight is 286 g/mol. The molecular formula is C16H22N4O. The Bertz CT molecular complexity index is 628. The second-order valence-corrected chi connectivity index (χ2v) is 5.63. The monoisotopic (exact) mass is 286 g/mol. The van der Waals surface area contributed by atoms with Crippen molar-refractivity contribution in [1.29, 1.82) is 0 Å². The van der Waals surface area contributed by atoms with Crippen molar-refractivity contribution in [3.63, 3.8) is 0 Å². The zero-order valence-electron chi connectivity index (χ0n) is 12.4. The highest BCUT2D eigenvalue weighted by Crippen LogP contribution is 2.15. The molecule has 0 saturated carbocycles. The molecule has 1 saturated heterocycles. The minimum Gasteiger partial charge on any atom is -0.354 e. The summed E-state index contributed by atoms with van der Waals surface area (Å²) in [7, 11) is 0. The van der Waals surface area contributed by atoms with E-state index >= 15 is 0 Å². The summed E-state index contributed by atoms with van der Waals surface area (Å²) in [6, 6.07) is 8.11. The molecule has 2 heterocycles. The summed E-state index contributed by atoms with van der Waals surface area (Å²) < 4.78 is 2.16. The van der Waals surface area contributed by atoms with Crippen LogP contribution in [-0.4, -0.2) is 35.1 Å². The summed E-state index contributed by atoms with van der Waals surface area (Å²) in [6.45, 7) is 5.25. The van der Waals surface area contributed by atoms with Crippen molar-refractivity contribution in [3.05, 3.63) is 30.1 Å².